The van der Waals surface area contributed by atoms with Crippen molar-refractivity contribution in [3.8, 4) is 0 Å². The van der Waals surface area contributed by atoms with Gasteiger partial charge in [-0.1, -0.05) is 0 Å². The first-order valence-corrected chi connectivity index (χ1v) is 6.68. The van der Waals surface area contributed by atoms with E-state index in [0.29, 0.717) is 5.69 Å². The zero-order chi connectivity index (χ0) is 15.5. The molecule has 1 aliphatic carbocycles. The summed E-state index contributed by atoms with van der Waals surface area (Å²) >= 11 is 0. The third kappa shape index (κ3) is 4.49. The van der Waals surface area contributed by atoms with Gasteiger partial charge in [-0.25, -0.2) is 8.78 Å². The number of carbonyl (C=O) groups is 2. The van der Waals surface area contributed by atoms with Gasteiger partial charge in [0.15, 0.2) is 0 Å². The van der Waals surface area contributed by atoms with E-state index >= 15 is 0 Å². The summed E-state index contributed by atoms with van der Waals surface area (Å²) in [6.07, 6.45) is 1.81. The Kier molecular flexibility index (Phi) is 4.52. The maximum Gasteiger partial charge on any atom is 0.277 e. The molecule has 2 amide bonds. The molecule has 0 radical (unpaired) electrons. The standard InChI is InChI=1S/C14H17F2N3O2/c15-14(16,7-17)8-18-12(20)9-3-5-11(6-4-9)19-13(21)10-1-2-10/h3-6,10H,1-2,7-8,17H2,(H,18,20)(H,19,21). The molecule has 114 valence electrons. The molecule has 0 bridgehead atoms. The maximum absolute atomic E-state index is 12.9. The van der Waals surface area contributed by atoms with Gasteiger partial charge in [0.1, 0.15) is 0 Å². The van der Waals surface area contributed by atoms with Gasteiger partial charge in [-0.3, -0.25) is 9.59 Å². The minimum atomic E-state index is -3.12. The topological polar surface area (TPSA) is 84.2 Å². The van der Waals surface area contributed by atoms with Crippen LogP contribution >= 0.6 is 0 Å². The SMILES string of the molecule is NCC(F)(F)CNC(=O)c1ccc(NC(=O)C2CC2)cc1. The lowest BCUT2D eigenvalue weighted by Crippen LogP contribution is -2.41. The van der Waals surface area contributed by atoms with Crippen LogP contribution in [-0.4, -0.2) is 30.8 Å². The number of amides is 2. The normalized spacial score (nSPS) is 14.6. The molecular formula is C14H17F2N3O2. The Morgan fingerprint density at radius 1 is 1.24 bits per heavy atom. The fourth-order valence-corrected chi connectivity index (χ4v) is 1.68. The molecule has 1 fully saturated rings. The average Bonchev–Trinajstić information content (AvgIpc) is 3.30. The van der Waals surface area contributed by atoms with Crippen molar-refractivity contribution in [2.45, 2.75) is 18.8 Å². The van der Waals surface area contributed by atoms with Gasteiger partial charge >= 0.3 is 0 Å². The molecule has 0 aliphatic heterocycles. The van der Waals surface area contributed by atoms with Crippen molar-refractivity contribution in [3.05, 3.63) is 29.8 Å². The molecule has 1 saturated carbocycles. The molecule has 4 N–H and O–H groups in total. The third-order valence-corrected chi connectivity index (χ3v) is 3.17. The van der Waals surface area contributed by atoms with E-state index in [2.05, 4.69) is 10.6 Å². The molecule has 0 saturated heterocycles. The van der Waals surface area contributed by atoms with Crippen LogP contribution < -0.4 is 16.4 Å². The molecule has 5 nitrogen and oxygen atoms in total. The largest absolute Gasteiger partial charge is 0.346 e. The molecule has 21 heavy (non-hydrogen) atoms. The lowest BCUT2D eigenvalue weighted by atomic mass is 10.2. The van der Waals surface area contributed by atoms with Crippen LogP contribution in [0.5, 0.6) is 0 Å². The Bertz CT molecular complexity index is 528. The molecule has 0 aromatic heterocycles. The number of alkyl halides is 2. The van der Waals surface area contributed by atoms with Crippen molar-refractivity contribution in [3.63, 3.8) is 0 Å². The molecular weight excluding hydrogens is 280 g/mol. The Balaban J connectivity index is 1.88. The van der Waals surface area contributed by atoms with Gasteiger partial charge in [-0.05, 0) is 37.1 Å². The third-order valence-electron chi connectivity index (χ3n) is 3.17. The Morgan fingerprint density at radius 2 is 1.86 bits per heavy atom. The van der Waals surface area contributed by atoms with Crippen LogP contribution in [-0.2, 0) is 4.79 Å². The number of hydrogen-bond donors (Lipinski definition) is 3. The molecule has 1 aromatic rings. The highest BCUT2D eigenvalue weighted by Crippen LogP contribution is 2.30. The van der Waals surface area contributed by atoms with Gasteiger partial charge in [0.2, 0.25) is 5.91 Å². The summed E-state index contributed by atoms with van der Waals surface area (Å²) in [4.78, 5) is 23.2. The van der Waals surface area contributed by atoms with Crippen molar-refractivity contribution < 1.29 is 18.4 Å². The van der Waals surface area contributed by atoms with E-state index in [4.69, 9.17) is 5.73 Å². The van der Waals surface area contributed by atoms with Crippen molar-refractivity contribution in [2.75, 3.05) is 18.4 Å². The highest BCUT2D eigenvalue weighted by atomic mass is 19.3. The average molecular weight is 297 g/mol. The van der Waals surface area contributed by atoms with Crippen molar-refractivity contribution >= 4 is 17.5 Å². The molecule has 7 heteroatoms. The van der Waals surface area contributed by atoms with Gasteiger partial charge in [0.05, 0.1) is 13.1 Å². The quantitative estimate of drug-likeness (QED) is 0.741. The summed E-state index contributed by atoms with van der Waals surface area (Å²) in [5, 5.41) is 4.85. The number of rotatable bonds is 6. The minimum Gasteiger partial charge on any atom is -0.346 e. The molecule has 1 aromatic carbocycles. The van der Waals surface area contributed by atoms with Gasteiger partial charge in [0.25, 0.3) is 11.8 Å². The van der Waals surface area contributed by atoms with Crippen LogP contribution in [0.15, 0.2) is 24.3 Å². The zero-order valence-corrected chi connectivity index (χ0v) is 11.4. The highest BCUT2D eigenvalue weighted by molar-refractivity contribution is 5.96. The molecule has 0 atom stereocenters. The lowest BCUT2D eigenvalue weighted by Gasteiger charge is -2.14. The maximum atomic E-state index is 12.9. The van der Waals surface area contributed by atoms with Gasteiger partial charge < -0.3 is 16.4 Å². The van der Waals surface area contributed by atoms with Crippen LogP contribution in [0, 0.1) is 5.92 Å². The van der Waals surface area contributed by atoms with Crippen molar-refractivity contribution in [2.24, 2.45) is 11.7 Å². The van der Waals surface area contributed by atoms with E-state index in [1.807, 2.05) is 0 Å². The van der Waals surface area contributed by atoms with Gasteiger partial charge in [-0.2, -0.15) is 0 Å². The molecule has 2 rings (SSSR count). The number of anilines is 1. The van der Waals surface area contributed by atoms with Crippen LogP contribution in [0.1, 0.15) is 23.2 Å². The first-order valence-electron chi connectivity index (χ1n) is 6.68. The number of nitrogens with one attached hydrogen (secondary N) is 2. The van der Waals surface area contributed by atoms with E-state index in [9.17, 15) is 18.4 Å². The summed E-state index contributed by atoms with van der Waals surface area (Å²) in [6.45, 7) is -1.62. The van der Waals surface area contributed by atoms with Crippen LogP contribution in [0.4, 0.5) is 14.5 Å². The monoisotopic (exact) mass is 297 g/mol. The number of carbonyl (C=O) groups excluding carboxylic acids is 2. The molecule has 0 unspecified atom stereocenters. The van der Waals surface area contributed by atoms with E-state index in [0.717, 1.165) is 12.8 Å². The second kappa shape index (κ2) is 6.17. The predicted octanol–water partition coefficient (Wildman–Crippen LogP) is 1.36. The number of nitrogens with two attached hydrogens (primary N) is 1. The fourth-order valence-electron chi connectivity index (χ4n) is 1.68. The fraction of sp³-hybridized carbons (Fsp3) is 0.429. The van der Waals surface area contributed by atoms with E-state index in [1.54, 1.807) is 12.1 Å². The summed E-state index contributed by atoms with van der Waals surface area (Å²) < 4.78 is 25.9. The molecule has 1 aliphatic rings. The first kappa shape index (κ1) is 15.4. The first-order chi connectivity index (χ1) is 9.91. The molecule has 0 heterocycles. The van der Waals surface area contributed by atoms with Crippen molar-refractivity contribution in [1.82, 2.24) is 5.32 Å². The van der Waals surface area contributed by atoms with Gasteiger partial charge in [-0.15, -0.1) is 0 Å². The summed E-state index contributed by atoms with van der Waals surface area (Å²) in [7, 11) is 0. The highest BCUT2D eigenvalue weighted by Gasteiger charge is 2.29. The number of benzene rings is 1. The Hall–Kier alpha value is -2.02. The lowest BCUT2D eigenvalue weighted by molar-refractivity contribution is -0.117. The smallest absolute Gasteiger partial charge is 0.277 e. The van der Waals surface area contributed by atoms with Crippen LogP contribution in [0.3, 0.4) is 0 Å². The number of hydrogen-bond acceptors (Lipinski definition) is 3. The van der Waals surface area contributed by atoms with E-state index in [-0.39, 0.29) is 17.4 Å². The van der Waals surface area contributed by atoms with Crippen LogP contribution in [0.25, 0.3) is 0 Å². The van der Waals surface area contributed by atoms with E-state index in [1.165, 1.54) is 12.1 Å². The van der Waals surface area contributed by atoms with Crippen molar-refractivity contribution in [1.29, 1.82) is 0 Å². The second-order valence-corrected chi connectivity index (χ2v) is 5.08. The molecule has 0 spiro atoms. The number of halogens is 2. The second-order valence-electron chi connectivity index (χ2n) is 5.08. The minimum absolute atomic E-state index is 0.0326. The predicted molar refractivity (Wildman–Crippen MR) is 74.1 cm³/mol. The summed E-state index contributed by atoms with van der Waals surface area (Å²) in [5.74, 6) is -3.67. The summed E-state index contributed by atoms with van der Waals surface area (Å²) in [6, 6.07) is 6.07. The Morgan fingerprint density at radius 3 is 2.38 bits per heavy atom. The van der Waals surface area contributed by atoms with E-state index < -0.39 is 24.9 Å². The zero-order valence-electron chi connectivity index (χ0n) is 11.4. The van der Waals surface area contributed by atoms with Crippen LogP contribution in [0.2, 0.25) is 0 Å². The summed E-state index contributed by atoms with van der Waals surface area (Å²) in [5.41, 5.74) is 5.71. The Labute approximate surface area is 120 Å². The van der Waals surface area contributed by atoms with Gasteiger partial charge in [0, 0.05) is 17.2 Å².